The van der Waals surface area contributed by atoms with Crippen molar-refractivity contribution < 1.29 is 17.9 Å². The van der Waals surface area contributed by atoms with Crippen LogP contribution in [0.3, 0.4) is 0 Å². The molecule has 7 nitrogen and oxygen atoms in total. The summed E-state index contributed by atoms with van der Waals surface area (Å²) in [6.45, 7) is 5.70. The Morgan fingerprint density at radius 3 is 2.44 bits per heavy atom. The van der Waals surface area contributed by atoms with Crippen LogP contribution in [0.1, 0.15) is 43.7 Å². The molecule has 1 atom stereocenters. The number of nitrogens with one attached hydrogen (secondary N) is 1. The summed E-state index contributed by atoms with van der Waals surface area (Å²) in [7, 11) is -1.48. The van der Waals surface area contributed by atoms with E-state index in [1.54, 1.807) is 17.9 Å². The largest absolute Gasteiger partial charge is 0.497 e. The average molecular weight is 391 g/mol. The number of carbonyl (C=O) groups is 1. The quantitative estimate of drug-likeness (QED) is 0.865. The van der Waals surface area contributed by atoms with Crippen molar-refractivity contribution in [3.8, 4) is 17.0 Å². The van der Waals surface area contributed by atoms with Gasteiger partial charge in [-0.15, -0.1) is 0 Å². The van der Waals surface area contributed by atoms with Crippen LogP contribution in [-0.2, 0) is 9.84 Å². The van der Waals surface area contributed by atoms with E-state index in [0.717, 1.165) is 17.0 Å². The summed E-state index contributed by atoms with van der Waals surface area (Å²) in [6, 6.07) is 8.85. The molecular formula is C19H25N3O4S. The lowest BCUT2D eigenvalue weighted by atomic mass is 10.1. The summed E-state index contributed by atoms with van der Waals surface area (Å²) in [5.41, 5.74) is 1.46. The van der Waals surface area contributed by atoms with Gasteiger partial charge < -0.3 is 10.1 Å². The molecule has 1 fully saturated rings. The van der Waals surface area contributed by atoms with Crippen molar-refractivity contribution in [2.75, 3.05) is 18.6 Å². The minimum absolute atomic E-state index is 0.0398. The van der Waals surface area contributed by atoms with E-state index in [9.17, 15) is 13.2 Å². The van der Waals surface area contributed by atoms with Gasteiger partial charge in [0, 0.05) is 11.1 Å². The summed E-state index contributed by atoms with van der Waals surface area (Å²) in [4.78, 5) is 12.6. The first-order chi connectivity index (χ1) is 12.6. The number of hydrogen-bond donors (Lipinski definition) is 1. The highest BCUT2D eigenvalue weighted by Crippen LogP contribution is 2.31. The van der Waals surface area contributed by atoms with Gasteiger partial charge in [0.2, 0.25) is 0 Å². The zero-order valence-electron chi connectivity index (χ0n) is 16.0. The van der Waals surface area contributed by atoms with Gasteiger partial charge in [-0.1, -0.05) is 0 Å². The van der Waals surface area contributed by atoms with Crippen molar-refractivity contribution in [1.82, 2.24) is 15.1 Å². The van der Waals surface area contributed by atoms with Gasteiger partial charge in [-0.2, -0.15) is 5.10 Å². The van der Waals surface area contributed by atoms with Crippen LogP contribution >= 0.6 is 0 Å². The molecule has 1 aromatic heterocycles. The van der Waals surface area contributed by atoms with Crippen LogP contribution in [0.5, 0.6) is 5.75 Å². The Balaban J connectivity index is 2.02. The smallest absolute Gasteiger partial charge is 0.272 e. The predicted molar refractivity (Wildman–Crippen MR) is 104 cm³/mol. The maximum Gasteiger partial charge on any atom is 0.272 e. The number of aromatic nitrogens is 2. The Morgan fingerprint density at radius 2 is 1.93 bits per heavy atom. The molecule has 0 bridgehead atoms. The summed E-state index contributed by atoms with van der Waals surface area (Å²) in [6.07, 6.45) is 0.494. The van der Waals surface area contributed by atoms with Gasteiger partial charge >= 0.3 is 0 Å². The van der Waals surface area contributed by atoms with Gasteiger partial charge in [0.05, 0.1) is 30.4 Å². The van der Waals surface area contributed by atoms with E-state index in [1.807, 2.05) is 45.0 Å². The molecule has 0 saturated carbocycles. The van der Waals surface area contributed by atoms with Crippen molar-refractivity contribution in [2.45, 2.75) is 38.8 Å². The maximum absolute atomic E-state index is 12.6. The number of hydrogen-bond acceptors (Lipinski definition) is 5. The number of sulfone groups is 1. The first kappa shape index (κ1) is 19.4. The third kappa shape index (κ3) is 4.50. The Morgan fingerprint density at radius 1 is 1.26 bits per heavy atom. The summed E-state index contributed by atoms with van der Waals surface area (Å²) in [5, 5.41) is 7.37. The fourth-order valence-electron chi connectivity index (χ4n) is 3.13. The molecule has 0 unspecified atom stereocenters. The first-order valence-electron chi connectivity index (χ1n) is 8.85. The molecule has 1 aliphatic heterocycles. The van der Waals surface area contributed by atoms with Gasteiger partial charge in [0.25, 0.3) is 5.91 Å². The van der Waals surface area contributed by atoms with Gasteiger partial charge in [0.15, 0.2) is 15.5 Å². The van der Waals surface area contributed by atoms with Crippen LogP contribution in [-0.4, -0.2) is 48.3 Å². The molecule has 0 spiro atoms. The molecule has 0 aliphatic carbocycles. The van der Waals surface area contributed by atoms with Crippen LogP contribution < -0.4 is 10.1 Å². The van der Waals surface area contributed by atoms with Gasteiger partial charge in [-0.25, -0.2) is 8.42 Å². The van der Waals surface area contributed by atoms with Crippen LogP contribution in [0.25, 0.3) is 11.3 Å². The highest BCUT2D eigenvalue weighted by atomic mass is 32.2. The van der Waals surface area contributed by atoms with E-state index in [1.165, 1.54) is 0 Å². The highest BCUT2D eigenvalue weighted by molar-refractivity contribution is 7.91. The standard InChI is InChI=1S/C19H25N3O4S/c1-19(2,3)20-18(23)16-11-17(13-5-7-15(26-4)8-6-13)22(21-16)14-9-10-27(24,25)12-14/h5-8,11,14H,9-10,12H2,1-4H3,(H,20,23)/t14-/m0/s1. The molecule has 2 aromatic rings. The third-order valence-electron chi connectivity index (χ3n) is 4.40. The number of nitrogens with zero attached hydrogens (tertiary/aromatic N) is 2. The lowest BCUT2D eigenvalue weighted by Gasteiger charge is -2.19. The van der Waals surface area contributed by atoms with Crippen molar-refractivity contribution in [2.24, 2.45) is 0 Å². The molecule has 2 heterocycles. The molecular weight excluding hydrogens is 366 g/mol. The van der Waals surface area contributed by atoms with Crippen LogP contribution in [0.4, 0.5) is 0 Å². The zero-order chi connectivity index (χ0) is 19.8. The SMILES string of the molecule is COc1ccc(-c2cc(C(=O)NC(C)(C)C)nn2[C@H]2CCS(=O)(=O)C2)cc1. The molecule has 1 N–H and O–H groups in total. The van der Waals surface area contributed by atoms with E-state index in [-0.39, 0.29) is 29.1 Å². The molecule has 1 aliphatic rings. The van der Waals surface area contributed by atoms with Gasteiger partial charge in [-0.3, -0.25) is 9.48 Å². The fraction of sp³-hybridized carbons (Fsp3) is 0.474. The number of methoxy groups -OCH3 is 1. The number of benzene rings is 1. The van der Waals surface area contributed by atoms with Gasteiger partial charge in [-0.05, 0) is 57.5 Å². The summed E-state index contributed by atoms with van der Waals surface area (Å²) >= 11 is 0. The van der Waals surface area contributed by atoms with E-state index >= 15 is 0 Å². The number of amides is 1. The second-order valence-electron chi connectivity index (χ2n) is 7.85. The van der Waals surface area contributed by atoms with Gasteiger partial charge in [0.1, 0.15) is 5.75 Å². The minimum Gasteiger partial charge on any atom is -0.497 e. The number of ether oxygens (including phenoxy) is 1. The third-order valence-corrected chi connectivity index (χ3v) is 6.15. The van der Waals surface area contributed by atoms with Crippen LogP contribution in [0, 0.1) is 0 Å². The van der Waals surface area contributed by atoms with Crippen molar-refractivity contribution in [3.63, 3.8) is 0 Å². The minimum atomic E-state index is -3.07. The number of rotatable bonds is 4. The molecule has 3 rings (SSSR count). The lowest BCUT2D eigenvalue weighted by molar-refractivity contribution is 0.0913. The molecule has 1 saturated heterocycles. The average Bonchev–Trinajstić information content (AvgIpc) is 3.17. The summed E-state index contributed by atoms with van der Waals surface area (Å²) < 4.78 is 30.8. The Kier molecular flexibility index (Phi) is 5.03. The van der Waals surface area contributed by atoms with Crippen molar-refractivity contribution in [1.29, 1.82) is 0 Å². The van der Waals surface area contributed by atoms with E-state index in [0.29, 0.717) is 6.42 Å². The normalized spacial score (nSPS) is 19.0. The van der Waals surface area contributed by atoms with E-state index in [2.05, 4.69) is 10.4 Å². The van der Waals surface area contributed by atoms with Crippen LogP contribution in [0.15, 0.2) is 30.3 Å². The van der Waals surface area contributed by atoms with E-state index < -0.39 is 15.4 Å². The highest BCUT2D eigenvalue weighted by Gasteiger charge is 2.32. The second-order valence-corrected chi connectivity index (χ2v) is 10.1. The Bertz CT molecular complexity index is 940. The first-order valence-corrected chi connectivity index (χ1v) is 10.7. The lowest BCUT2D eigenvalue weighted by Crippen LogP contribution is -2.40. The Hall–Kier alpha value is -2.35. The van der Waals surface area contributed by atoms with Crippen molar-refractivity contribution in [3.05, 3.63) is 36.0 Å². The number of carbonyl (C=O) groups excluding carboxylic acids is 1. The monoisotopic (exact) mass is 391 g/mol. The molecule has 0 radical (unpaired) electrons. The van der Waals surface area contributed by atoms with Crippen molar-refractivity contribution >= 4 is 15.7 Å². The van der Waals surface area contributed by atoms with E-state index in [4.69, 9.17) is 4.74 Å². The predicted octanol–water partition coefficient (Wildman–Crippen LogP) is 2.45. The van der Waals surface area contributed by atoms with Crippen LogP contribution in [0.2, 0.25) is 0 Å². The molecule has 27 heavy (non-hydrogen) atoms. The zero-order valence-corrected chi connectivity index (χ0v) is 16.8. The fourth-order valence-corrected chi connectivity index (χ4v) is 4.83. The molecule has 1 amide bonds. The topological polar surface area (TPSA) is 90.3 Å². The molecule has 1 aromatic carbocycles. The summed E-state index contributed by atoms with van der Waals surface area (Å²) in [5.74, 6) is 0.622. The Labute approximate surface area is 159 Å². The molecule has 146 valence electrons. The second kappa shape index (κ2) is 6.99. The molecule has 8 heteroatoms. The maximum atomic E-state index is 12.6.